The number of pyridine rings is 1. The summed E-state index contributed by atoms with van der Waals surface area (Å²) in [5.74, 6) is 6.19. The molecule has 2 rings (SSSR count). The van der Waals surface area contributed by atoms with Gasteiger partial charge in [-0.05, 0) is 37.0 Å². The lowest BCUT2D eigenvalue weighted by Crippen LogP contribution is -2.23. The summed E-state index contributed by atoms with van der Waals surface area (Å²) in [4.78, 5) is 16.7. The third-order valence-electron chi connectivity index (χ3n) is 2.91. The highest BCUT2D eigenvalue weighted by molar-refractivity contribution is 7.08. The van der Waals surface area contributed by atoms with Crippen LogP contribution >= 0.6 is 11.5 Å². The van der Waals surface area contributed by atoms with E-state index >= 15 is 0 Å². The minimum atomic E-state index is -0.179. The zero-order chi connectivity index (χ0) is 16.5. The van der Waals surface area contributed by atoms with Crippen LogP contribution in [0.25, 0.3) is 0 Å². The van der Waals surface area contributed by atoms with Crippen molar-refractivity contribution >= 4 is 17.4 Å². The van der Waals surface area contributed by atoms with E-state index in [0.717, 1.165) is 35.8 Å². The van der Waals surface area contributed by atoms with E-state index in [2.05, 4.69) is 31.7 Å². The van der Waals surface area contributed by atoms with E-state index in [9.17, 15) is 4.79 Å². The van der Waals surface area contributed by atoms with Gasteiger partial charge in [-0.2, -0.15) is 0 Å². The molecule has 0 atom stereocenters. The number of amides is 1. The van der Waals surface area contributed by atoms with Gasteiger partial charge in [0.1, 0.15) is 17.2 Å². The number of carbonyl (C=O) groups excluding carboxylic acids is 1. The Morgan fingerprint density at radius 1 is 1.39 bits per heavy atom. The van der Waals surface area contributed by atoms with Crippen LogP contribution in [0.15, 0.2) is 18.3 Å². The molecule has 2 heterocycles. The number of nitrogens with zero attached hydrogens (tertiary/aromatic N) is 3. The predicted molar refractivity (Wildman–Crippen MR) is 88.5 cm³/mol. The van der Waals surface area contributed by atoms with Gasteiger partial charge in [0.15, 0.2) is 0 Å². The van der Waals surface area contributed by atoms with E-state index in [4.69, 9.17) is 4.74 Å². The van der Waals surface area contributed by atoms with Crippen LogP contribution in [0.4, 0.5) is 0 Å². The molecule has 7 heteroatoms. The molecule has 0 radical (unpaired) electrons. The minimum absolute atomic E-state index is 0.179. The molecule has 0 aliphatic carbocycles. The average Bonchev–Trinajstić information content (AvgIpc) is 3.01. The zero-order valence-corrected chi connectivity index (χ0v) is 13.9. The molecule has 0 aliphatic rings. The first kappa shape index (κ1) is 16.9. The molecule has 1 amide bonds. The first-order valence-electron chi connectivity index (χ1n) is 7.31. The molecule has 120 valence electrons. The SMILES string of the molecule is CCCc1nnsc1C(=O)NCC#CCOc1ccc(C)nc1. The molecule has 0 aromatic carbocycles. The first-order chi connectivity index (χ1) is 11.2. The predicted octanol–water partition coefficient (Wildman–Crippen LogP) is 2.01. The maximum Gasteiger partial charge on any atom is 0.265 e. The lowest BCUT2D eigenvalue weighted by molar-refractivity contribution is 0.0961. The minimum Gasteiger partial charge on any atom is -0.479 e. The molecule has 1 N–H and O–H groups in total. The number of ether oxygens (including phenoxy) is 1. The molecule has 0 bridgehead atoms. The normalized spacial score (nSPS) is 9.83. The van der Waals surface area contributed by atoms with Crippen LogP contribution in [0.2, 0.25) is 0 Å². The second-order valence-corrected chi connectivity index (χ2v) is 5.51. The van der Waals surface area contributed by atoms with Gasteiger partial charge in [-0.15, -0.1) is 5.10 Å². The standard InChI is InChI=1S/C16H18N4O2S/c1-3-6-14-15(23-20-19-14)16(21)17-9-4-5-10-22-13-8-7-12(2)18-11-13/h7-8,11H,3,6,9-10H2,1-2H3,(H,17,21). The topological polar surface area (TPSA) is 77.0 Å². The molecular weight excluding hydrogens is 312 g/mol. The van der Waals surface area contributed by atoms with Gasteiger partial charge in [-0.1, -0.05) is 29.7 Å². The Labute approximate surface area is 139 Å². The number of aromatic nitrogens is 3. The Balaban J connectivity index is 1.73. The molecule has 23 heavy (non-hydrogen) atoms. The maximum absolute atomic E-state index is 12.0. The van der Waals surface area contributed by atoms with Crippen molar-refractivity contribution in [1.82, 2.24) is 19.9 Å². The van der Waals surface area contributed by atoms with Crippen LogP contribution in [-0.4, -0.2) is 33.6 Å². The summed E-state index contributed by atoms with van der Waals surface area (Å²) in [6.45, 7) is 4.47. The summed E-state index contributed by atoms with van der Waals surface area (Å²) in [5.41, 5.74) is 1.68. The van der Waals surface area contributed by atoms with Crippen molar-refractivity contribution in [2.24, 2.45) is 0 Å². The Bertz CT molecular complexity index is 701. The Kier molecular flexibility index (Phi) is 6.51. The smallest absolute Gasteiger partial charge is 0.265 e. The molecule has 2 aromatic rings. The van der Waals surface area contributed by atoms with Gasteiger partial charge in [-0.25, -0.2) is 0 Å². The third-order valence-corrected chi connectivity index (χ3v) is 3.67. The largest absolute Gasteiger partial charge is 0.479 e. The van der Waals surface area contributed by atoms with Gasteiger partial charge in [-0.3, -0.25) is 9.78 Å². The Morgan fingerprint density at radius 3 is 3.00 bits per heavy atom. The fourth-order valence-electron chi connectivity index (χ4n) is 1.76. The number of hydrogen-bond acceptors (Lipinski definition) is 6. The molecule has 6 nitrogen and oxygen atoms in total. The van der Waals surface area contributed by atoms with Crippen LogP contribution in [0.1, 0.15) is 34.4 Å². The quantitative estimate of drug-likeness (QED) is 0.820. The molecule has 2 aromatic heterocycles. The molecule has 0 saturated carbocycles. The Hall–Kier alpha value is -2.46. The van der Waals surface area contributed by atoms with E-state index in [-0.39, 0.29) is 19.1 Å². The highest BCUT2D eigenvalue weighted by Gasteiger charge is 2.14. The highest BCUT2D eigenvalue weighted by atomic mass is 32.1. The fourth-order valence-corrected chi connectivity index (χ4v) is 2.38. The lowest BCUT2D eigenvalue weighted by Gasteiger charge is -2.01. The van der Waals surface area contributed by atoms with Crippen LogP contribution in [0.3, 0.4) is 0 Å². The van der Waals surface area contributed by atoms with Gasteiger partial charge >= 0.3 is 0 Å². The van der Waals surface area contributed by atoms with Crippen LogP contribution in [0, 0.1) is 18.8 Å². The zero-order valence-electron chi connectivity index (χ0n) is 13.1. The number of nitrogens with one attached hydrogen (secondary N) is 1. The van der Waals surface area contributed by atoms with Crippen molar-refractivity contribution in [2.75, 3.05) is 13.2 Å². The fraction of sp³-hybridized carbons (Fsp3) is 0.375. The van der Waals surface area contributed by atoms with Gasteiger partial charge in [0.2, 0.25) is 0 Å². The first-order valence-corrected chi connectivity index (χ1v) is 8.08. The summed E-state index contributed by atoms with van der Waals surface area (Å²) in [6, 6.07) is 3.72. The molecule has 0 saturated heterocycles. The summed E-state index contributed by atoms with van der Waals surface area (Å²) >= 11 is 1.11. The van der Waals surface area contributed by atoms with Gasteiger partial charge in [0.25, 0.3) is 5.91 Å². The molecule has 0 aliphatic heterocycles. The molecule has 0 fully saturated rings. The van der Waals surface area contributed by atoms with Gasteiger partial charge in [0.05, 0.1) is 18.4 Å². The van der Waals surface area contributed by atoms with Gasteiger partial charge < -0.3 is 10.1 Å². The van der Waals surface area contributed by atoms with Crippen molar-refractivity contribution in [3.8, 4) is 17.6 Å². The maximum atomic E-state index is 12.0. The number of hydrogen-bond donors (Lipinski definition) is 1. The van der Waals surface area contributed by atoms with E-state index in [0.29, 0.717) is 10.6 Å². The summed E-state index contributed by atoms with van der Waals surface area (Å²) < 4.78 is 9.25. The van der Waals surface area contributed by atoms with Crippen LogP contribution < -0.4 is 10.1 Å². The number of rotatable bonds is 6. The second-order valence-electron chi connectivity index (χ2n) is 4.76. The summed E-state index contributed by atoms with van der Waals surface area (Å²) in [7, 11) is 0. The molecule has 0 spiro atoms. The summed E-state index contributed by atoms with van der Waals surface area (Å²) in [6.07, 6.45) is 3.34. The van der Waals surface area contributed by atoms with E-state index in [1.54, 1.807) is 6.20 Å². The monoisotopic (exact) mass is 330 g/mol. The van der Waals surface area contributed by atoms with E-state index in [1.165, 1.54) is 0 Å². The van der Waals surface area contributed by atoms with Crippen LogP contribution in [-0.2, 0) is 6.42 Å². The number of aryl methyl sites for hydroxylation is 2. The third kappa shape index (κ3) is 5.34. The second kappa shape index (κ2) is 8.86. The molecular formula is C16H18N4O2S. The Morgan fingerprint density at radius 2 is 2.26 bits per heavy atom. The average molecular weight is 330 g/mol. The van der Waals surface area contributed by atoms with E-state index in [1.807, 2.05) is 26.0 Å². The molecule has 0 unspecified atom stereocenters. The van der Waals surface area contributed by atoms with Crippen molar-refractivity contribution < 1.29 is 9.53 Å². The lowest BCUT2D eigenvalue weighted by atomic mass is 10.2. The van der Waals surface area contributed by atoms with Crippen molar-refractivity contribution in [3.05, 3.63) is 34.6 Å². The van der Waals surface area contributed by atoms with Crippen molar-refractivity contribution in [2.45, 2.75) is 26.7 Å². The van der Waals surface area contributed by atoms with Crippen molar-refractivity contribution in [3.63, 3.8) is 0 Å². The van der Waals surface area contributed by atoms with Crippen LogP contribution in [0.5, 0.6) is 5.75 Å². The van der Waals surface area contributed by atoms with Crippen molar-refractivity contribution in [1.29, 1.82) is 0 Å². The van der Waals surface area contributed by atoms with Gasteiger partial charge in [0, 0.05) is 5.69 Å². The van der Waals surface area contributed by atoms with E-state index < -0.39 is 0 Å². The highest BCUT2D eigenvalue weighted by Crippen LogP contribution is 2.12. The summed E-state index contributed by atoms with van der Waals surface area (Å²) in [5, 5.41) is 6.71. The number of carbonyl (C=O) groups is 1.